The first-order chi connectivity index (χ1) is 6.50. The quantitative estimate of drug-likeness (QED) is 0.772. The molecule has 0 heterocycles. The van der Waals surface area contributed by atoms with Gasteiger partial charge in [0.1, 0.15) is 5.78 Å². The summed E-state index contributed by atoms with van der Waals surface area (Å²) in [6, 6.07) is 6.02. The minimum atomic E-state index is -0.412. The maximum Gasteiger partial charge on any atom is 0.147 e. The molecule has 0 bridgehead atoms. The molecule has 1 atom stereocenters. The molecule has 0 saturated heterocycles. The van der Waals surface area contributed by atoms with Gasteiger partial charge in [-0.2, -0.15) is 0 Å². The van der Waals surface area contributed by atoms with Gasteiger partial charge in [-0.05, 0) is 37.5 Å². The summed E-state index contributed by atoms with van der Waals surface area (Å²) in [5.41, 5.74) is 2.26. The Bertz CT molecular complexity index is 349. The molecule has 76 valence electrons. The third-order valence-electron chi connectivity index (χ3n) is 2.09. The van der Waals surface area contributed by atoms with Gasteiger partial charge in [0.05, 0.1) is 5.38 Å². The van der Waals surface area contributed by atoms with Gasteiger partial charge in [-0.15, -0.1) is 11.6 Å². The van der Waals surface area contributed by atoms with Crippen molar-refractivity contribution in [1.29, 1.82) is 0 Å². The average Bonchev–Trinajstić information content (AvgIpc) is 2.11. The molecule has 0 aromatic heterocycles. The minimum absolute atomic E-state index is 0.0170. The molecule has 0 aliphatic rings. The highest BCUT2D eigenvalue weighted by atomic mass is 79.9. The predicted octanol–water partition coefficient (Wildman–Crippen LogP) is 3.50. The molecule has 0 aliphatic heterocycles. The fourth-order valence-electron chi connectivity index (χ4n) is 1.11. The molecule has 0 N–H and O–H groups in total. The van der Waals surface area contributed by atoms with Crippen LogP contribution in [0.25, 0.3) is 0 Å². The van der Waals surface area contributed by atoms with Crippen LogP contribution in [0, 0.1) is 6.92 Å². The summed E-state index contributed by atoms with van der Waals surface area (Å²) in [6.45, 7) is 3.54. The van der Waals surface area contributed by atoms with Gasteiger partial charge >= 0.3 is 0 Å². The predicted molar refractivity (Wildman–Crippen MR) is 62.9 cm³/mol. The zero-order valence-corrected chi connectivity index (χ0v) is 10.5. The molecule has 0 fully saturated rings. The molecule has 1 nitrogen and oxygen atoms in total. The number of benzene rings is 1. The first kappa shape index (κ1) is 11.7. The van der Waals surface area contributed by atoms with Gasteiger partial charge < -0.3 is 0 Å². The molecular weight excluding hydrogens is 263 g/mol. The van der Waals surface area contributed by atoms with Crippen LogP contribution < -0.4 is 0 Å². The molecule has 1 unspecified atom stereocenters. The second-order valence-corrected chi connectivity index (χ2v) is 4.75. The van der Waals surface area contributed by atoms with Crippen LogP contribution >= 0.6 is 27.5 Å². The molecule has 0 spiro atoms. The molecule has 3 heteroatoms. The van der Waals surface area contributed by atoms with Crippen LogP contribution in [-0.4, -0.2) is 11.2 Å². The van der Waals surface area contributed by atoms with Crippen molar-refractivity contribution < 1.29 is 4.79 Å². The Morgan fingerprint density at radius 1 is 1.57 bits per heavy atom. The van der Waals surface area contributed by atoms with Crippen molar-refractivity contribution in [2.75, 3.05) is 0 Å². The highest BCUT2D eigenvalue weighted by Gasteiger charge is 2.11. The standard InChI is InChI=1S/C11H12BrClO/c1-7-3-4-9(5-10(7)12)6-11(13)8(2)14/h3-5,11H,6H2,1-2H3. The summed E-state index contributed by atoms with van der Waals surface area (Å²) in [6.07, 6.45) is 0.593. The van der Waals surface area contributed by atoms with Crippen molar-refractivity contribution in [2.24, 2.45) is 0 Å². The van der Waals surface area contributed by atoms with E-state index in [1.54, 1.807) is 0 Å². The van der Waals surface area contributed by atoms with Gasteiger partial charge in [0.15, 0.2) is 0 Å². The van der Waals surface area contributed by atoms with Gasteiger partial charge in [0, 0.05) is 4.47 Å². The second kappa shape index (κ2) is 4.94. The van der Waals surface area contributed by atoms with Gasteiger partial charge in [0.2, 0.25) is 0 Å². The van der Waals surface area contributed by atoms with Crippen LogP contribution in [0.3, 0.4) is 0 Å². The first-order valence-corrected chi connectivity index (χ1v) is 5.63. The van der Waals surface area contributed by atoms with Crippen LogP contribution in [0.1, 0.15) is 18.1 Å². The number of rotatable bonds is 3. The molecule has 0 aliphatic carbocycles. The number of hydrogen-bond acceptors (Lipinski definition) is 1. The number of carbonyl (C=O) groups is 1. The van der Waals surface area contributed by atoms with Crippen LogP contribution in [0.2, 0.25) is 0 Å². The van der Waals surface area contributed by atoms with Gasteiger partial charge in [0.25, 0.3) is 0 Å². The first-order valence-electron chi connectivity index (χ1n) is 4.40. The van der Waals surface area contributed by atoms with E-state index in [0.717, 1.165) is 10.0 Å². The molecule has 1 rings (SSSR count). The Balaban J connectivity index is 2.78. The molecule has 14 heavy (non-hydrogen) atoms. The average molecular weight is 276 g/mol. The summed E-state index contributed by atoms with van der Waals surface area (Å²) in [4.78, 5) is 11.0. The summed E-state index contributed by atoms with van der Waals surface area (Å²) in [7, 11) is 0. The van der Waals surface area contributed by atoms with Crippen molar-refractivity contribution in [3.8, 4) is 0 Å². The van der Waals surface area contributed by atoms with Crippen LogP contribution in [0.15, 0.2) is 22.7 Å². The molecule has 1 aromatic carbocycles. The van der Waals surface area contributed by atoms with E-state index in [0.29, 0.717) is 6.42 Å². The molecule has 0 amide bonds. The molecular formula is C11H12BrClO. The zero-order valence-electron chi connectivity index (χ0n) is 8.18. The highest BCUT2D eigenvalue weighted by Crippen LogP contribution is 2.19. The van der Waals surface area contributed by atoms with E-state index in [1.165, 1.54) is 12.5 Å². The number of Topliss-reactive ketones (excluding diaryl/α,β-unsaturated/α-hetero) is 1. The van der Waals surface area contributed by atoms with Gasteiger partial charge in [-0.3, -0.25) is 4.79 Å². The SMILES string of the molecule is CC(=O)C(Cl)Cc1ccc(C)c(Br)c1. The largest absolute Gasteiger partial charge is 0.298 e. The van der Waals surface area contributed by atoms with Crippen molar-refractivity contribution >= 4 is 33.3 Å². The Hall–Kier alpha value is -0.340. The maximum atomic E-state index is 11.0. The van der Waals surface area contributed by atoms with Crippen LogP contribution in [0.4, 0.5) is 0 Å². The highest BCUT2D eigenvalue weighted by molar-refractivity contribution is 9.10. The Kier molecular flexibility index (Phi) is 4.14. The van der Waals surface area contributed by atoms with Crippen molar-refractivity contribution in [1.82, 2.24) is 0 Å². The Labute approximate surface area is 97.6 Å². The second-order valence-electron chi connectivity index (χ2n) is 3.37. The number of aryl methyl sites for hydroxylation is 1. The van der Waals surface area contributed by atoms with Gasteiger partial charge in [-0.25, -0.2) is 0 Å². The third kappa shape index (κ3) is 3.10. The van der Waals surface area contributed by atoms with E-state index < -0.39 is 5.38 Å². The summed E-state index contributed by atoms with van der Waals surface area (Å²) in [5, 5.41) is -0.412. The van der Waals surface area contributed by atoms with Crippen molar-refractivity contribution in [3.63, 3.8) is 0 Å². The smallest absolute Gasteiger partial charge is 0.147 e. The lowest BCUT2D eigenvalue weighted by Crippen LogP contribution is -2.13. The number of halogens is 2. The van der Waals surface area contributed by atoms with E-state index >= 15 is 0 Å². The van der Waals surface area contributed by atoms with E-state index in [-0.39, 0.29) is 5.78 Å². The van der Waals surface area contributed by atoms with Gasteiger partial charge in [-0.1, -0.05) is 28.1 Å². The Morgan fingerprint density at radius 2 is 2.21 bits per heavy atom. The number of hydrogen-bond donors (Lipinski definition) is 0. The van der Waals surface area contributed by atoms with E-state index in [2.05, 4.69) is 15.9 Å². The molecule has 0 saturated carbocycles. The monoisotopic (exact) mass is 274 g/mol. The third-order valence-corrected chi connectivity index (χ3v) is 3.41. The molecule has 0 radical (unpaired) electrons. The lowest BCUT2D eigenvalue weighted by molar-refractivity contribution is -0.116. The summed E-state index contributed by atoms with van der Waals surface area (Å²) in [5.74, 6) is 0.0170. The lowest BCUT2D eigenvalue weighted by Gasteiger charge is -2.07. The van der Waals surface area contributed by atoms with Crippen LogP contribution in [-0.2, 0) is 11.2 Å². The number of carbonyl (C=O) groups excluding carboxylic acids is 1. The zero-order chi connectivity index (χ0) is 10.7. The Morgan fingerprint density at radius 3 is 2.71 bits per heavy atom. The summed E-state index contributed by atoms with van der Waals surface area (Å²) >= 11 is 9.32. The molecule has 1 aromatic rings. The minimum Gasteiger partial charge on any atom is -0.298 e. The number of alkyl halides is 1. The van der Waals surface area contributed by atoms with E-state index in [4.69, 9.17) is 11.6 Å². The van der Waals surface area contributed by atoms with E-state index in [9.17, 15) is 4.79 Å². The lowest BCUT2D eigenvalue weighted by atomic mass is 10.1. The normalized spacial score (nSPS) is 12.6. The summed E-state index contributed by atoms with van der Waals surface area (Å²) < 4.78 is 1.06. The van der Waals surface area contributed by atoms with Crippen LogP contribution in [0.5, 0.6) is 0 Å². The van der Waals surface area contributed by atoms with Crippen molar-refractivity contribution in [2.45, 2.75) is 25.6 Å². The topological polar surface area (TPSA) is 17.1 Å². The fraction of sp³-hybridized carbons (Fsp3) is 0.364. The van der Waals surface area contributed by atoms with Crippen molar-refractivity contribution in [3.05, 3.63) is 33.8 Å². The fourth-order valence-corrected chi connectivity index (χ4v) is 1.72. The number of ketones is 1. The van der Waals surface area contributed by atoms with E-state index in [1.807, 2.05) is 25.1 Å². The maximum absolute atomic E-state index is 11.0.